The van der Waals surface area contributed by atoms with Crippen LogP contribution in [0.1, 0.15) is 22.6 Å². The van der Waals surface area contributed by atoms with Gasteiger partial charge in [-0.2, -0.15) is 0 Å². The molecule has 1 aliphatic rings. The van der Waals surface area contributed by atoms with Crippen LogP contribution in [-0.4, -0.2) is 30.6 Å². The van der Waals surface area contributed by atoms with Crippen molar-refractivity contribution in [3.63, 3.8) is 0 Å². The lowest BCUT2D eigenvalue weighted by Gasteiger charge is -2.28. The number of methoxy groups -OCH3 is 2. The molecule has 0 amide bonds. The highest BCUT2D eigenvalue weighted by Gasteiger charge is 2.21. The Kier molecular flexibility index (Phi) is 5.29. The number of nitrogens with zero attached hydrogens (tertiary/aromatic N) is 2. The summed E-state index contributed by atoms with van der Waals surface area (Å²) in [6.45, 7) is 4.53. The Hall–Kier alpha value is -2.50. The van der Waals surface area contributed by atoms with E-state index in [1.165, 1.54) is 11.1 Å². The fraction of sp³-hybridized carbons (Fsp3) is 0.318. The maximum atomic E-state index is 6.33. The van der Waals surface area contributed by atoms with Crippen LogP contribution in [0.3, 0.4) is 0 Å². The summed E-state index contributed by atoms with van der Waals surface area (Å²) in [5.41, 5.74) is 4.38. The summed E-state index contributed by atoms with van der Waals surface area (Å²) in [6.07, 6.45) is 0.953. The van der Waals surface area contributed by atoms with Gasteiger partial charge in [-0.25, -0.2) is 4.98 Å². The molecular weight excluding hydrogens is 376 g/mol. The van der Waals surface area contributed by atoms with Crippen LogP contribution in [0.4, 0.5) is 0 Å². The number of aromatic nitrogens is 1. The average molecular weight is 399 g/mol. The quantitative estimate of drug-likeness (QED) is 0.613. The molecule has 146 valence electrons. The van der Waals surface area contributed by atoms with Crippen molar-refractivity contribution in [2.45, 2.75) is 26.4 Å². The van der Waals surface area contributed by atoms with Gasteiger partial charge in [0.1, 0.15) is 5.76 Å². The van der Waals surface area contributed by atoms with Crippen LogP contribution in [0.25, 0.3) is 11.5 Å². The average Bonchev–Trinajstić information content (AvgIpc) is 3.08. The first-order chi connectivity index (χ1) is 13.6. The second-order valence-electron chi connectivity index (χ2n) is 6.93. The smallest absolute Gasteiger partial charge is 0.226 e. The SMILES string of the molecule is COc1ccc(-c2nc(CN3CCc4c(Cl)cccc4C3)c(C)o2)cc1OC. The monoisotopic (exact) mass is 398 g/mol. The Labute approximate surface area is 169 Å². The normalized spacial score (nSPS) is 14.0. The maximum Gasteiger partial charge on any atom is 0.226 e. The lowest BCUT2D eigenvalue weighted by molar-refractivity contribution is 0.242. The van der Waals surface area contributed by atoms with E-state index in [9.17, 15) is 0 Å². The van der Waals surface area contributed by atoms with Crippen molar-refractivity contribution in [2.24, 2.45) is 0 Å². The molecule has 0 N–H and O–H groups in total. The summed E-state index contributed by atoms with van der Waals surface area (Å²) >= 11 is 6.33. The van der Waals surface area contributed by atoms with Crippen molar-refractivity contribution in [1.29, 1.82) is 0 Å². The molecule has 6 heteroatoms. The molecule has 0 bridgehead atoms. The standard InChI is InChI=1S/C22H23ClN2O3/c1-14-19(13-25-10-9-17-16(12-25)5-4-6-18(17)23)24-22(28-14)15-7-8-20(26-2)21(11-15)27-3/h4-8,11H,9-10,12-13H2,1-3H3. The first-order valence-electron chi connectivity index (χ1n) is 9.26. The van der Waals surface area contributed by atoms with Gasteiger partial charge in [0.05, 0.1) is 19.9 Å². The molecule has 2 aromatic carbocycles. The molecule has 0 radical (unpaired) electrons. The Balaban J connectivity index is 1.54. The third-order valence-corrected chi connectivity index (χ3v) is 5.54. The van der Waals surface area contributed by atoms with E-state index in [0.717, 1.165) is 48.1 Å². The lowest BCUT2D eigenvalue weighted by atomic mass is 9.99. The number of halogens is 1. The maximum absolute atomic E-state index is 6.33. The Morgan fingerprint density at radius 2 is 1.96 bits per heavy atom. The molecule has 0 fully saturated rings. The predicted octanol–water partition coefficient (Wildman–Crippen LogP) is 4.88. The van der Waals surface area contributed by atoms with Crippen LogP contribution < -0.4 is 9.47 Å². The number of aryl methyl sites for hydroxylation is 1. The van der Waals surface area contributed by atoms with Crippen molar-refractivity contribution in [1.82, 2.24) is 9.88 Å². The molecule has 3 aromatic rings. The summed E-state index contributed by atoms with van der Waals surface area (Å²) in [6, 6.07) is 11.8. The number of fused-ring (bicyclic) bond motifs is 1. The highest BCUT2D eigenvalue weighted by molar-refractivity contribution is 6.31. The lowest BCUT2D eigenvalue weighted by Crippen LogP contribution is -2.30. The van der Waals surface area contributed by atoms with Gasteiger partial charge in [0.15, 0.2) is 11.5 Å². The summed E-state index contributed by atoms with van der Waals surface area (Å²) in [5.74, 6) is 2.76. The molecule has 0 saturated heterocycles. The number of hydrogen-bond acceptors (Lipinski definition) is 5. The van der Waals surface area contributed by atoms with Crippen molar-refractivity contribution in [3.05, 3.63) is 64.0 Å². The molecule has 4 rings (SSSR count). The van der Waals surface area contributed by atoms with Crippen LogP contribution in [0.15, 0.2) is 40.8 Å². The van der Waals surface area contributed by atoms with Crippen LogP contribution in [0, 0.1) is 6.92 Å². The molecule has 1 aromatic heterocycles. The predicted molar refractivity (Wildman–Crippen MR) is 109 cm³/mol. The summed E-state index contributed by atoms with van der Waals surface area (Å²) < 4.78 is 16.6. The number of rotatable bonds is 5. The fourth-order valence-corrected chi connectivity index (χ4v) is 3.92. The topological polar surface area (TPSA) is 47.7 Å². The second-order valence-corrected chi connectivity index (χ2v) is 7.34. The third-order valence-electron chi connectivity index (χ3n) is 5.18. The first kappa shape index (κ1) is 18.8. The highest BCUT2D eigenvalue weighted by Crippen LogP contribution is 2.33. The zero-order valence-corrected chi connectivity index (χ0v) is 17.0. The van der Waals surface area contributed by atoms with E-state index in [1.54, 1.807) is 14.2 Å². The second kappa shape index (κ2) is 7.86. The molecular formula is C22H23ClN2O3. The molecule has 1 aliphatic heterocycles. The zero-order chi connectivity index (χ0) is 19.7. The van der Waals surface area contributed by atoms with Crippen molar-refractivity contribution >= 4 is 11.6 Å². The number of oxazole rings is 1. The third kappa shape index (κ3) is 3.60. The zero-order valence-electron chi connectivity index (χ0n) is 16.3. The molecule has 0 unspecified atom stereocenters. The first-order valence-corrected chi connectivity index (χ1v) is 9.64. The number of benzene rings is 2. The van der Waals surface area contributed by atoms with Gasteiger partial charge >= 0.3 is 0 Å². The molecule has 0 aliphatic carbocycles. The summed E-state index contributed by atoms with van der Waals surface area (Å²) in [7, 11) is 3.24. The number of hydrogen-bond donors (Lipinski definition) is 0. The van der Waals surface area contributed by atoms with Crippen LogP contribution in [-0.2, 0) is 19.5 Å². The molecule has 28 heavy (non-hydrogen) atoms. The van der Waals surface area contributed by atoms with Gasteiger partial charge in [0.2, 0.25) is 5.89 Å². The highest BCUT2D eigenvalue weighted by atomic mass is 35.5. The van der Waals surface area contributed by atoms with Gasteiger partial charge in [-0.1, -0.05) is 23.7 Å². The van der Waals surface area contributed by atoms with Crippen LogP contribution in [0.5, 0.6) is 11.5 Å². The van der Waals surface area contributed by atoms with E-state index in [2.05, 4.69) is 11.0 Å². The molecule has 0 saturated carbocycles. The van der Waals surface area contributed by atoms with Crippen molar-refractivity contribution < 1.29 is 13.9 Å². The van der Waals surface area contributed by atoms with Crippen LogP contribution >= 0.6 is 11.6 Å². The molecule has 0 spiro atoms. The van der Waals surface area contributed by atoms with E-state index >= 15 is 0 Å². The van der Waals surface area contributed by atoms with Gasteiger partial charge in [0.25, 0.3) is 0 Å². The molecule has 2 heterocycles. The minimum absolute atomic E-state index is 0.592. The Bertz CT molecular complexity index is 999. The minimum Gasteiger partial charge on any atom is -0.493 e. The molecule has 5 nitrogen and oxygen atoms in total. The largest absolute Gasteiger partial charge is 0.493 e. The van der Waals surface area contributed by atoms with Gasteiger partial charge in [-0.3, -0.25) is 4.90 Å². The van der Waals surface area contributed by atoms with E-state index in [1.807, 2.05) is 37.3 Å². The Morgan fingerprint density at radius 1 is 1.14 bits per heavy atom. The van der Waals surface area contributed by atoms with Crippen LogP contribution in [0.2, 0.25) is 5.02 Å². The van der Waals surface area contributed by atoms with Gasteiger partial charge in [-0.05, 0) is 48.7 Å². The van der Waals surface area contributed by atoms with E-state index in [0.29, 0.717) is 17.4 Å². The van der Waals surface area contributed by atoms with Gasteiger partial charge in [-0.15, -0.1) is 0 Å². The summed E-state index contributed by atoms with van der Waals surface area (Å²) in [4.78, 5) is 7.12. The van der Waals surface area contributed by atoms with Gasteiger partial charge < -0.3 is 13.9 Å². The Morgan fingerprint density at radius 3 is 2.75 bits per heavy atom. The summed E-state index contributed by atoms with van der Waals surface area (Å²) in [5, 5.41) is 0.866. The minimum atomic E-state index is 0.592. The van der Waals surface area contributed by atoms with E-state index in [-0.39, 0.29) is 0 Å². The van der Waals surface area contributed by atoms with E-state index < -0.39 is 0 Å². The molecule has 0 atom stereocenters. The van der Waals surface area contributed by atoms with Gasteiger partial charge in [0, 0.05) is 30.2 Å². The number of ether oxygens (including phenoxy) is 2. The van der Waals surface area contributed by atoms with Crippen molar-refractivity contribution in [2.75, 3.05) is 20.8 Å². The van der Waals surface area contributed by atoms with Crippen molar-refractivity contribution in [3.8, 4) is 23.0 Å². The fourth-order valence-electron chi connectivity index (χ4n) is 3.64. The van der Waals surface area contributed by atoms with E-state index in [4.69, 9.17) is 30.5 Å².